The molecule has 0 bridgehead atoms. The van der Waals surface area contributed by atoms with Crippen LogP contribution in [0.1, 0.15) is 44.5 Å². The molecule has 0 spiro atoms. The van der Waals surface area contributed by atoms with E-state index in [1.165, 1.54) is 0 Å². The molecule has 5 rings (SSSR count). The summed E-state index contributed by atoms with van der Waals surface area (Å²) >= 11 is 0. The molecule has 4 aromatic carbocycles. The van der Waals surface area contributed by atoms with Gasteiger partial charge in [-0.15, -0.1) is 0 Å². The lowest BCUT2D eigenvalue weighted by molar-refractivity contribution is -0.140. The molecule has 0 amide bonds. The Morgan fingerprint density at radius 3 is 1.28 bits per heavy atom. The van der Waals surface area contributed by atoms with Crippen molar-refractivity contribution in [2.75, 3.05) is 13.2 Å². The third kappa shape index (κ3) is 4.32. The highest BCUT2D eigenvalue weighted by molar-refractivity contribution is 5.88. The van der Waals surface area contributed by atoms with Crippen molar-refractivity contribution in [3.63, 3.8) is 0 Å². The topological polar surface area (TPSA) is 93.1 Å². The Balaban J connectivity index is 1.85. The van der Waals surface area contributed by atoms with Crippen LogP contribution in [0.5, 0.6) is 11.5 Å². The van der Waals surface area contributed by atoms with Crippen LogP contribution in [0.25, 0.3) is 11.1 Å². The van der Waals surface area contributed by atoms with Crippen LogP contribution < -0.4 is 9.47 Å². The van der Waals surface area contributed by atoms with Crippen molar-refractivity contribution < 1.29 is 29.3 Å². The zero-order valence-corrected chi connectivity index (χ0v) is 22.4. The number of rotatable bonds is 8. The summed E-state index contributed by atoms with van der Waals surface area (Å²) in [4.78, 5) is 22.3. The van der Waals surface area contributed by atoms with Crippen molar-refractivity contribution in [1.82, 2.24) is 0 Å². The average Bonchev–Trinajstić information content (AvgIpc) is 3.16. The van der Waals surface area contributed by atoms with Gasteiger partial charge in [-0.25, -0.2) is 9.59 Å². The molecule has 6 nitrogen and oxygen atoms in total. The SMILES string of the molecule is Cc1cc(OCC(=O)O)cc(C)c1C1(c2c(C)cc(OCC(=O)O)cc2C)c2ccccc2-c2ccccc21. The van der Waals surface area contributed by atoms with Gasteiger partial charge >= 0.3 is 11.9 Å². The van der Waals surface area contributed by atoms with Gasteiger partial charge in [0.2, 0.25) is 0 Å². The predicted octanol–water partition coefficient (Wildman–Crippen LogP) is 6.21. The normalized spacial score (nSPS) is 12.9. The number of aryl methyl sites for hydroxylation is 4. The number of benzene rings is 4. The van der Waals surface area contributed by atoms with Crippen LogP contribution in [-0.4, -0.2) is 35.4 Å². The molecule has 0 aliphatic heterocycles. The van der Waals surface area contributed by atoms with E-state index < -0.39 is 30.6 Å². The van der Waals surface area contributed by atoms with Crippen molar-refractivity contribution in [1.29, 1.82) is 0 Å². The molecule has 0 atom stereocenters. The Labute approximate surface area is 227 Å². The summed E-state index contributed by atoms with van der Waals surface area (Å²) in [5.74, 6) is -1.03. The Hall–Kier alpha value is -4.58. The number of hydrogen-bond acceptors (Lipinski definition) is 4. The number of carbonyl (C=O) groups is 2. The summed E-state index contributed by atoms with van der Waals surface area (Å²) < 4.78 is 11.1. The second-order valence-corrected chi connectivity index (χ2v) is 10.1. The average molecular weight is 523 g/mol. The summed E-state index contributed by atoms with van der Waals surface area (Å²) in [5, 5.41) is 18.3. The second-order valence-electron chi connectivity index (χ2n) is 10.1. The lowest BCUT2D eigenvalue weighted by Crippen LogP contribution is -2.32. The Bertz CT molecular complexity index is 1450. The number of carboxylic acid groups (broad SMARTS) is 2. The van der Waals surface area contributed by atoms with Crippen LogP contribution in [0.3, 0.4) is 0 Å². The number of carboxylic acids is 2. The van der Waals surface area contributed by atoms with Crippen molar-refractivity contribution >= 4 is 11.9 Å². The van der Waals surface area contributed by atoms with Gasteiger partial charge in [0.05, 0.1) is 5.41 Å². The molecule has 6 heteroatoms. The van der Waals surface area contributed by atoms with Crippen LogP contribution in [0.2, 0.25) is 0 Å². The molecule has 0 heterocycles. The van der Waals surface area contributed by atoms with E-state index in [1.807, 2.05) is 52.0 Å². The maximum Gasteiger partial charge on any atom is 0.341 e. The van der Waals surface area contributed by atoms with Gasteiger partial charge in [0.25, 0.3) is 0 Å². The molecule has 0 unspecified atom stereocenters. The summed E-state index contributed by atoms with van der Waals surface area (Å²) in [6.45, 7) is 7.33. The van der Waals surface area contributed by atoms with Gasteiger partial charge in [-0.05, 0) is 108 Å². The lowest BCUT2D eigenvalue weighted by Gasteiger charge is -2.39. The fraction of sp³-hybridized carbons (Fsp3) is 0.212. The van der Waals surface area contributed by atoms with Gasteiger partial charge in [-0.3, -0.25) is 0 Å². The minimum atomic E-state index is -1.03. The molecule has 1 aliphatic rings. The quantitative estimate of drug-likeness (QED) is 0.252. The van der Waals surface area contributed by atoms with Crippen molar-refractivity contribution in [2.45, 2.75) is 33.1 Å². The highest BCUT2D eigenvalue weighted by Crippen LogP contribution is 2.59. The fourth-order valence-corrected chi connectivity index (χ4v) is 6.39. The number of fused-ring (bicyclic) bond motifs is 3. The first-order valence-electron chi connectivity index (χ1n) is 12.8. The number of aliphatic carboxylic acids is 2. The summed E-state index contributed by atoms with van der Waals surface area (Å²) in [6.07, 6.45) is 0. The summed E-state index contributed by atoms with van der Waals surface area (Å²) in [5.41, 5.74) is 10.1. The van der Waals surface area contributed by atoms with Gasteiger partial charge < -0.3 is 19.7 Å². The summed E-state index contributed by atoms with van der Waals surface area (Å²) in [6, 6.07) is 24.5. The Kier molecular flexibility index (Phi) is 6.64. The monoisotopic (exact) mass is 522 g/mol. The molecular formula is C33H30O6. The largest absolute Gasteiger partial charge is 0.482 e. The molecule has 39 heavy (non-hydrogen) atoms. The summed E-state index contributed by atoms with van der Waals surface area (Å²) in [7, 11) is 0. The van der Waals surface area contributed by atoms with E-state index in [4.69, 9.17) is 19.7 Å². The second kappa shape index (κ2) is 9.95. The molecule has 198 valence electrons. The van der Waals surface area contributed by atoms with E-state index in [0.717, 1.165) is 55.6 Å². The predicted molar refractivity (Wildman–Crippen MR) is 149 cm³/mol. The Morgan fingerprint density at radius 1 is 0.615 bits per heavy atom. The van der Waals surface area contributed by atoms with Crippen LogP contribution >= 0.6 is 0 Å². The minimum Gasteiger partial charge on any atom is -0.482 e. The molecule has 0 saturated carbocycles. The van der Waals surface area contributed by atoms with E-state index in [9.17, 15) is 9.59 Å². The van der Waals surface area contributed by atoms with Crippen molar-refractivity contribution in [2.24, 2.45) is 0 Å². The molecule has 2 N–H and O–H groups in total. The van der Waals surface area contributed by atoms with Gasteiger partial charge in [-0.1, -0.05) is 48.5 Å². The number of hydrogen-bond donors (Lipinski definition) is 2. The maximum atomic E-state index is 11.1. The highest BCUT2D eigenvalue weighted by atomic mass is 16.5. The molecule has 0 radical (unpaired) electrons. The van der Waals surface area contributed by atoms with Crippen LogP contribution in [0.4, 0.5) is 0 Å². The van der Waals surface area contributed by atoms with E-state index in [1.54, 1.807) is 0 Å². The Morgan fingerprint density at radius 2 is 0.949 bits per heavy atom. The zero-order valence-electron chi connectivity index (χ0n) is 22.4. The fourth-order valence-electron chi connectivity index (χ4n) is 6.39. The molecule has 4 aromatic rings. The van der Waals surface area contributed by atoms with Gasteiger partial charge in [-0.2, -0.15) is 0 Å². The molecule has 0 saturated heterocycles. The smallest absolute Gasteiger partial charge is 0.341 e. The van der Waals surface area contributed by atoms with Gasteiger partial charge in [0.1, 0.15) is 11.5 Å². The third-order valence-corrected chi connectivity index (χ3v) is 7.44. The first-order chi connectivity index (χ1) is 18.6. The maximum absolute atomic E-state index is 11.1. The van der Waals surface area contributed by atoms with E-state index in [2.05, 4.69) is 48.5 Å². The van der Waals surface area contributed by atoms with Gasteiger partial charge in [0, 0.05) is 0 Å². The van der Waals surface area contributed by atoms with Crippen LogP contribution in [0, 0.1) is 27.7 Å². The van der Waals surface area contributed by atoms with Crippen molar-refractivity contribution in [3.8, 4) is 22.6 Å². The lowest BCUT2D eigenvalue weighted by atomic mass is 9.63. The zero-order chi connectivity index (χ0) is 27.9. The van der Waals surface area contributed by atoms with Crippen LogP contribution in [0.15, 0.2) is 72.8 Å². The first-order valence-corrected chi connectivity index (χ1v) is 12.8. The van der Waals surface area contributed by atoms with Crippen molar-refractivity contribution in [3.05, 3.63) is 117 Å². The molecular weight excluding hydrogens is 492 g/mol. The standard InChI is InChI=1S/C33H30O6/c1-19-13-23(38-17-29(34)35)14-20(2)31(19)33(32-21(3)15-24(16-22(32)4)39-18-30(36)37)27-11-7-5-9-25(27)26-10-6-8-12-28(26)33/h5-16H,17-18H2,1-4H3,(H,34,35)(H,36,37). The minimum absolute atomic E-state index is 0.412. The molecule has 1 aliphatic carbocycles. The molecule has 0 fully saturated rings. The third-order valence-electron chi connectivity index (χ3n) is 7.44. The van der Waals surface area contributed by atoms with E-state index in [-0.39, 0.29) is 0 Å². The van der Waals surface area contributed by atoms with E-state index in [0.29, 0.717) is 11.5 Å². The first kappa shape index (κ1) is 26.0. The van der Waals surface area contributed by atoms with E-state index >= 15 is 0 Å². The highest BCUT2D eigenvalue weighted by Gasteiger charge is 2.49. The number of ether oxygens (including phenoxy) is 2. The van der Waals surface area contributed by atoms with Crippen LogP contribution in [-0.2, 0) is 15.0 Å². The van der Waals surface area contributed by atoms with Gasteiger partial charge in [0.15, 0.2) is 13.2 Å². The molecule has 0 aromatic heterocycles.